The van der Waals surface area contributed by atoms with Gasteiger partial charge in [0.1, 0.15) is 5.84 Å². The second-order valence-corrected chi connectivity index (χ2v) is 3.37. The zero-order chi connectivity index (χ0) is 8.43. The van der Waals surface area contributed by atoms with Crippen molar-refractivity contribution in [1.82, 2.24) is 5.32 Å². The summed E-state index contributed by atoms with van der Waals surface area (Å²) in [5.41, 5.74) is 2.70. The molecule has 1 N–H and O–H groups in total. The van der Waals surface area contributed by atoms with Gasteiger partial charge in [-0.1, -0.05) is 0 Å². The van der Waals surface area contributed by atoms with E-state index in [2.05, 4.69) is 38.0 Å². The van der Waals surface area contributed by atoms with E-state index in [1.54, 1.807) is 0 Å². The average molecular weight is 152 g/mol. The van der Waals surface area contributed by atoms with Crippen molar-refractivity contribution in [2.45, 2.75) is 33.7 Å². The Kier molecular flexibility index (Phi) is 2.32. The van der Waals surface area contributed by atoms with Gasteiger partial charge in [0.25, 0.3) is 0 Å². The fraction of sp³-hybridized carbons (Fsp3) is 0.667. The van der Waals surface area contributed by atoms with E-state index < -0.39 is 0 Å². The van der Waals surface area contributed by atoms with Crippen LogP contribution in [0.3, 0.4) is 0 Å². The summed E-state index contributed by atoms with van der Waals surface area (Å²) in [6.45, 7) is 9.39. The van der Waals surface area contributed by atoms with E-state index in [4.69, 9.17) is 0 Å². The fourth-order valence-electron chi connectivity index (χ4n) is 1.06. The molecule has 1 aliphatic rings. The first-order chi connectivity index (χ1) is 5.11. The lowest BCUT2D eigenvalue weighted by molar-refractivity contribution is 0.732. The summed E-state index contributed by atoms with van der Waals surface area (Å²) in [6.07, 6.45) is 0. The van der Waals surface area contributed by atoms with Gasteiger partial charge in [0.05, 0.1) is 6.54 Å². The first-order valence-electron chi connectivity index (χ1n) is 4.09. The van der Waals surface area contributed by atoms with E-state index in [9.17, 15) is 0 Å². The topological polar surface area (TPSA) is 24.4 Å². The molecule has 0 bridgehead atoms. The van der Waals surface area contributed by atoms with Crippen molar-refractivity contribution >= 4 is 5.84 Å². The molecule has 0 spiro atoms. The normalized spacial score (nSPS) is 17.7. The molecule has 0 aliphatic carbocycles. The maximum atomic E-state index is 4.37. The highest BCUT2D eigenvalue weighted by molar-refractivity contribution is 6.00. The van der Waals surface area contributed by atoms with Crippen LogP contribution in [0.15, 0.2) is 16.1 Å². The summed E-state index contributed by atoms with van der Waals surface area (Å²) < 4.78 is 0. The molecular weight excluding hydrogens is 136 g/mol. The lowest BCUT2D eigenvalue weighted by Gasteiger charge is -2.10. The van der Waals surface area contributed by atoms with Gasteiger partial charge in [0.2, 0.25) is 0 Å². The largest absolute Gasteiger partial charge is 0.368 e. The summed E-state index contributed by atoms with van der Waals surface area (Å²) in [4.78, 5) is 4.37. The lowest BCUT2D eigenvalue weighted by Crippen LogP contribution is -2.29. The summed E-state index contributed by atoms with van der Waals surface area (Å²) in [5, 5.41) is 3.31. The van der Waals surface area contributed by atoms with Gasteiger partial charge in [-0.25, -0.2) is 0 Å². The second-order valence-electron chi connectivity index (χ2n) is 3.37. The van der Waals surface area contributed by atoms with Crippen LogP contribution in [0.4, 0.5) is 0 Å². The number of hydrogen-bond donors (Lipinski definition) is 1. The molecule has 62 valence electrons. The molecule has 1 heterocycles. The SMILES string of the molecule is CC1=C(C)C(NC(C)C)=NC1. The molecule has 2 heteroatoms. The number of rotatable bonds is 1. The van der Waals surface area contributed by atoms with Crippen LogP contribution in [0, 0.1) is 0 Å². The van der Waals surface area contributed by atoms with Crippen molar-refractivity contribution in [3.8, 4) is 0 Å². The smallest absolute Gasteiger partial charge is 0.124 e. The van der Waals surface area contributed by atoms with E-state index in [1.807, 2.05) is 0 Å². The summed E-state index contributed by atoms with van der Waals surface area (Å²) in [6, 6.07) is 0.481. The van der Waals surface area contributed by atoms with Crippen LogP contribution in [-0.4, -0.2) is 18.4 Å². The predicted molar refractivity (Wildman–Crippen MR) is 48.9 cm³/mol. The van der Waals surface area contributed by atoms with E-state index in [0.29, 0.717) is 6.04 Å². The van der Waals surface area contributed by atoms with Gasteiger partial charge in [0, 0.05) is 6.04 Å². The number of aliphatic imine (C=N–C) groups is 1. The highest BCUT2D eigenvalue weighted by Gasteiger charge is 2.11. The Morgan fingerprint density at radius 2 is 2.00 bits per heavy atom. The Hall–Kier alpha value is -0.790. The van der Waals surface area contributed by atoms with Crippen LogP contribution in [0.25, 0.3) is 0 Å². The van der Waals surface area contributed by atoms with E-state index in [-0.39, 0.29) is 0 Å². The Morgan fingerprint density at radius 3 is 2.36 bits per heavy atom. The number of hydrogen-bond acceptors (Lipinski definition) is 2. The van der Waals surface area contributed by atoms with Crippen LogP contribution >= 0.6 is 0 Å². The standard InChI is InChI=1S/C9H16N2/c1-6(2)11-9-8(4)7(3)5-10-9/h6H,5H2,1-4H3,(H,10,11). The minimum Gasteiger partial charge on any atom is -0.368 e. The molecule has 1 rings (SSSR count). The molecular formula is C9H16N2. The maximum absolute atomic E-state index is 4.37. The van der Waals surface area contributed by atoms with Gasteiger partial charge in [-0.15, -0.1) is 0 Å². The molecule has 0 saturated heterocycles. The third kappa shape index (κ3) is 1.82. The minimum absolute atomic E-state index is 0.481. The van der Waals surface area contributed by atoms with Crippen LogP contribution in [0.2, 0.25) is 0 Å². The molecule has 0 amide bonds. The molecule has 2 nitrogen and oxygen atoms in total. The molecule has 0 atom stereocenters. The third-order valence-electron chi connectivity index (χ3n) is 1.90. The van der Waals surface area contributed by atoms with Crippen molar-refractivity contribution in [2.75, 3.05) is 6.54 Å². The average Bonchev–Trinajstić information content (AvgIpc) is 2.18. The van der Waals surface area contributed by atoms with E-state index in [0.717, 1.165) is 12.4 Å². The molecule has 0 fully saturated rings. The zero-order valence-corrected chi connectivity index (χ0v) is 7.73. The van der Waals surface area contributed by atoms with E-state index in [1.165, 1.54) is 11.1 Å². The molecule has 0 aromatic heterocycles. The van der Waals surface area contributed by atoms with Crippen molar-refractivity contribution in [1.29, 1.82) is 0 Å². The Balaban J connectivity index is 2.62. The zero-order valence-electron chi connectivity index (χ0n) is 7.73. The molecule has 0 aromatic carbocycles. The molecule has 0 radical (unpaired) electrons. The van der Waals surface area contributed by atoms with Gasteiger partial charge in [-0.05, 0) is 38.8 Å². The summed E-state index contributed by atoms with van der Waals surface area (Å²) in [5.74, 6) is 1.08. The predicted octanol–water partition coefficient (Wildman–Crippen LogP) is 1.73. The number of nitrogens with zero attached hydrogens (tertiary/aromatic N) is 1. The van der Waals surface area contributed by atoms with Gasteiger partial charge in [-0.2, -0.15) is 0 Å². The quantitative estimate of drug-likeness (QED) is 0.608. The third-order valence-corrected chi connectivity index (χ3v) is 1.90. The Bertz CT molecular complexity index is 212. The number of nitrogens with one attached hydrogen (secondary N) is 1. The highest BCUT2D eigenvalue weighted by Crippen LogP contribution is 2.12. The van der Waals surface area contributed by atoms with Gasteiger partial charge in [0.15, 0.2) is 0 Å². The maximum Gasteiger partial charge on any atom is 0.124 e. The van der Waals surface area contributed by atoms with Crippen LogP contribution < -0.4 is 5.32 Å². The molecule has 11 heavy (non-hydrogen) atoms. The van der Waals surface area contributed by atoms with Crippen molar-refractivity contribution in [3.63, 3.8) is 0 Å². The van der Waals surface area contributed by atoms with Gasteiger partial charge >= 0.3 is 0 Å². The van der Waals surface area contributed by atoms with Crippen LogP contribution in [-0.2, 0) is 0 Å². The summed E-state index contributed by atoms with van der Waals surface area (Å²) >= 11 is 0. The van der Waals surface area contributed by atoms with Crippen LogP contribution in [0.5, 0.6) is 0 Å². The van der Waals surface area contributed by atoms with Crippen molar-refractivity contribution < 1.29 is 0 Å². The first-order valence-corrected chi connectivity index (χ1v) is 4.09. The minimum atomic E-state index is 0.481. The first kappa shape index (κ1) is 8.31. The van der Waals surface area contributed by atoms with Gasteiger partial charge in [-0.3, -0.25) is 4.99 Å². The molecule has 1 aliphatic heterocycles. The van der Waals surface area contributed by atoms with Crippen molar-refractivity contribution in [3.05, 3.63) is 11.1 Å². The molecule has 0 saturated carbocycles. The Labute approximate surface area is 68.4 Å². The second kappa shape index (κ2) is 3.07. The molecule has 0 unspecified atom stereocenters. The highest BCUT2D eigenvalue weighted by atomic mass is 15.0. The van der Waals surface area contributed by atoms with Gasteiger partial charge < -0.3 is 5.32 Å². The monoisotopic (exact) mass is 152 g/mol. The molecule has 0 aromatic rings. The lowest BCUT2D eigenvalue weighted by atomic mass is 10.2. The fourth-order valence-corrected chi connectivity index (χ4v) is 1.06. The van der Waals surface area contributed by atoms with Crippen LogP contribution in [0.1, 0.15) is 27.7 Å². The Morgan fingerprint density at radius 1 is 1.36 bits per heavy atom. The number of amidine groups is 1. The summed E-state index contributed by atoms with van der Waals surface area (Å²) in [7, 11) is 0. The van der Waals surface area contributed by atoms with E-state index >= 15 is 0 Å². The van der Waals surface area contributed by atoms with Crippen molar-refractivity contribution in [2.24, 2.45) is 4.99 Å².